The molecule has 0 bridgehead atoms. The Morgan fingerprint density at radius 3 is 2.47 bits per heavy atom. The second-order valence-electron chi connectivity index (χ2n) is 3.95. The molecule has 8 nitrogen and oxygen atoms in total. The van der Waals surface area contributed by atoms with Gasteiger partial charge in [-0.3, -0.25) is 18.7 Å². The van der Waals surface area contributed by atoms with E-state index in [4.69, 9.17) is 5.11 Å². The van der Waals surface area contributed by atoms with E-state index >= 15 is 0 Å². The quantitative estimate of drug-likeness (QED) is 0.785. The Morgan fingerprint density at radius 1 is 1.37 bits per heavy atom. The highest BCUT2D eigenvalue weighted by atomic mass is 16.4. The van der Waals surface area contributed by atoms with E-state index < -0.39 is 5.97 Å². The molecular formula is C11H16N4O4. The van der Waals surface area contributed by atoms with E-state index in [-0.39, 0.29) is 11.2 Å². The molecule has 2 rings (SSSR count). The minimum Gasteiger partial charge on any atom is -0.481 e. The second kappa shape index (κ2) is 5.98. The molecule has 0 fully saturated rings. The number of hydrogen-bond donors (Lipinski definition) is 2. The maximum atomic E-state index is 11.4. The van der Waals surface area contributed by atoms with Gasteiger partial charge in [0.15, 0.2) is 5.65 Å². The first-order valence-electron chi connectivity index (χ1n) is 5.71. The van der Waals surface area contributed by atoms with Crippen LogP contribution in [0.2, 0.25) is 0 Å². The number of nitrogens with one attached hydrogen (secondary N) is 1. The molecule has 2 N–H and O–H groups in total. The Labute approximate surface area is 108 Å². The van der Waals surface area contributed by atoms with Crippen LogP contribution in [0.1, 0.15) is 19.8 Å². The van der Waals surface area contributed by atoms with Crippen LogP contribution in [0.4, 0.5) is 0 Å². The average Bonchev–Trinajstić information content (AvgIpc) is 2.83. The number of aryl methyl sites for hydroxylation is 1. The molecule has 2 heterocycles. The number of rotatable bonds is 2. The number of carbonyl (C=O) groups is 1. The number of aliphatic carboxylic acids is 1. The van der Waals surface area contributed by atoms with Gasteiger partial charge in [0.2, 0.25) is 0 Å². The van der Waals surface area contributed by atoms with E-state index in [0.717, 1.165) is 11.0 Å². The third kappa shape index (κ3) is 3.09. The Hall–Kier alpha value is -2.38. The van der Waals surface area contributed by atoms with Gasteiger partial charge in [0.05, 0.1) is 6.33 Å². The predicted octanol–water partition coefficient (Wildman–Crippen LogP) is -0.169. The summed E-state index contributed by atoms with van der Waals surface area (Å²) in [6, 6.07) is 0. The first kappa shape index (κ1) is 14.7. The van der Waals surface area contributed by atoms with Gasteiger partial charge in [0.1, 0.15) is 5.52 Å². The first-order chi connectivity index (χ1) is 8.90. The van der Waals surface area contributed by atoms with Gasteiger partial charge in [-0.05, 0) is 6.42 Å². The second-order valence-corrected chi connectivity index (χ2v) is 3.95. The number of imidazole rings is 1. The molecular weight excluding hydrogens is 252 g/mol. The lowest BCUT2D eigenvalue weighted by Crippen LogP contribution is -2.36. The van der Waals surface area contributed by atoms with Crippen molar-refractivity contribution in [2.75, 3.05) is 0 Å². The minimum atomic E-state index is -0.711. The highest BCUT2D eigenvalue weighted by Crippen LogP contribution is 1.97. The smallest absolute Gasteiger partial charge is 0.332 e. The molecule has 2 aromatic heterocycles. The molecule has 0 aliphatic carbocycles. The number of H-pyrrole nitrogens is 1. The van der Waals surface area contributed by atoms with Crippen molar-refractivity contribution in [3.63, 3.8) is 0 Å². The van der Waals surface area contributed by atoms with E-state index in [1.54, 1.807) is 7.05 Å². The van der Waals surface area contributed by atoms with E-state index in [1.165, 1.54) is 17.9 Å². The van der Waals surface area contributed by atoms with E-state index in [9.17, 15) is 14.4 Å². The van der Waals surface area contributed by atoms with Crippen molar-refractivity contribution in [1.82, 2.24) is 19.1 Å². The Balaban J connectivity index is 0.000000258. The van der Waals surface area contributed by atoms with Gasteiger partial charge in [-0.1, -0.05) is 6.92 Å². The Kier molecular flexibility index (Phi) is 4.62. The topological polar surface area (TPSA) is 110 Å². The molecule has 8 heteroatoms. The van der Waals surface area contributed by atoms with Crippen LogP contribution in [-0.4, -0.2) is 30.2 Å². The number of aromatic amines is 1. The van der Waals surface area contributed by atoms with E-state index in [0.29, 0.717) is 17.6 Å². The van der Waals surface area contributed by atoms with Crippen molar-refractivity contribution in [2.24, 2.45) is 14.1 Å². The third-order valence-electron chi connectivity index (χ3n) is 2.49. The lowest BCUT2D eigenvalue weighted by molar-refractivity contribution is -0.137. The van der Waals surface area contributed by atoms with Crippen molar-refractivity contribution in [3.8, 4) is 0 Å². The largest absolute Gasteiger partial charge is 0.481 e. The standard InChI is InChI=1S/C7H8N4O2.C4H8O2/c1-10-5-4(8-3-9-5)6(12)11(2)7(10)13;1-2-3-4(5)6/h3H,1-2H3,(H,8,9);2-3H2,1H3,(H,5,6). The van der Waals surface area contributed by atoms with Crippen molar-refractivity contribution < 1.29 is 9.90 Å². The van der Waals surface area contributed by atoms with E-state index in [1.807, 2.05) is 6.92 Å². The monoisotopic (exact) mass is 268 g/mol. The van der Waals surface area contributed by atoms with Crippen molar-refractivity contribution >= 4 is 17.1 Å². The molecule has 0 unspecified atom stereocenters. The van der Waals surface area contributed by atoms with Crippen LogP contribution in [0.3, 0.4) is 0 Å². The summed E-state index contributed by atoms with van der Waals surface area (Å²) in [5.74, 6) is -0.711. The summed E-state index contributed by atoms with van der Waals surface area (Å²) in [6.45, 7) is 1.84. The summed E-state index contributed by atoms with van der Waals surface area (Å²) in [7, 11) is 3.01. The predicted molar refractivity (Wildman–Crippen MR) is 69.1 cm³/mol. The maximum absolute atomic E-state index is 11.4. The van der Waals surface area contributed by atoms with Crippen LogP contribution in [0.15, 0.2) is 15.9 Å². The van der Waals surface area contributed by atoms with Gasteiger partial charge in [0.25, 0.3) is 5.56 Å². The molecule has 0 atom stereocenters. The Morgan fingerprint density at radius 2 is 2.00 bits per heavy atom. The summed E-state index contributed by atoms with van der Waals surface area (Å²) >= 11 is 0. The summed E-state index contributed by atoms with van der Waals surface area (Å²) < 4.78 is 2.37. The number of fused-ring (bicyclic) bond motifs is 1. The van der Waals surface area contributed by atoms with Crippen LogP contribution in [0.25, 0.3) is 11.2 Å². The summed E-state index contributed by atoms with van der Waals surface area (Å²) in [4.78, 5) is 39.0. The summed E-state index contributed by atoms with van der Waals surface area (Å²) in [5.41, 5.74) is 0.0119. The van der Waals surface area contributed by atoms with Crippen molar-refractivity contribution in [3.05, 3.63) is 27.2 Å². The lowest BCUT2D eigenvalue weighted by Gasteiger charge is -2.00. The zero-order valence-corrected chi connectivity index (χ0v) is 11.0. The third-order valence-corrected chi connectivity index (χ3v) is 2.49. The molecule has 19 heavy (non-hydrogen) atoms. The minimum absolute atomic E-state index is 0.292. The van der Waals surface area contributed by atoms with Gasteiger partial charge in [-0.15, -0.1) is 0 Å². The van der Waals surface area contributed by atoms with Gasteiger partial charge >= 0.3 is 11.7 Å². The van der Waals surface area contributed by atoms with Gasteiger partial charge in [0, 0.05) is 20.5 Å². The fourth-order valence-electron chi connectivity index (χ4n) is 1.48. The van der Waals surface area contributed by atoms with Gasteiger partial charge < -0.3 is 10.1 Å². The van der Waals surface area contributed by atoms with Crippen LogP contribution < -0.4 is 11.2 Å². The zero-order chi connectivity index (χ0) is 14.6. The number of carboxylic acids is 1. The first-order valence-corrected chi connectivity index (χ1v) is 5.71. The van der Waals surface area contributed by atoms with Crippen molar-refractivity contribution in [1.29, 1.82) is 0 Å². The molecule has 0 radical (unpaired) electrons. The number of carboxylic acid groups (broad SMARTS) is 1. The molecule has 0 aromatic carbocycles. The SMILES string of the molecule is CCCC(=O)O.Cn1c(=O)c2[nH]cnc2n(C)c1=O. The fraction of sp³-hybridized carbons (Fsp3) is 0.455. The highest BCUT2D eigenvalue weighted by molar-refractivity contribution is 5.68. The van der Waals surface area contributed by atoms with Gasteiger partial charge in [-0.2, -0.15) is 0 Å². The van der Waals surface area contributed by atoms with Crippen LogP contribution in [0.5, 0.6) is 0 Å². The van der Waals surface area contributed by atoms with Crippen LogP contribution in [-0.2, 0) is 18.9 Å². The molecule has 104 valence electrons. The molecule has 0 saturated carbocycles. The maximum Gasteiger partial charge on any atom is 0.332 e. The number of hydrogen-bond acceptors (Lipinski definition) is 4. The molecule has 0 aliphatic rings. The lowest BCUT2D eigenvalue weighted by atomic mass is 10.4. The van der Waals surface area contributed by atoms with Crippen LogP contribution >= 0.6 is 0 Å². The fourth-order valence-corrected chi connectivity index (χ4v) is 1.48. The average molecular weight is 268 g/mol. The van der Waals surface area contributed by atoms with Crippen molar-refractivity contribution in [2.45, 2.75) is 19.8 Å². The number of nitrogens with zero attached hydrogens (tertiary/aromatic N) is 3. The normalized spacial score (nSPS) is 10.1. The van der Waals surface area contributed by atoms with Gasteiger partial charge in [-0.25, -0.2) is 9.78 Å². The zero-order valence-electron chi connectivity index (χ0n) is 11.0. The summed E-state index contributed by atoms with van der Waals surface area (Å²) in [5, 5.41) is 7.91. The van der Waals surface area contributed by atoms with E-state index in [2.05, 4.69) is 9.97 Å². The molecule has 2 aromatic rings. The molecule has 0 spiro atoms. The molecule has 0 saturated heterocycles. The molecule has 0 amide bonds. The number of aromatic nitrogens is 4. The Bertz CT molecular complexity index is 695. The van der Waals surface area contributed by atoms with Crippen LogP contribution in [0, 0.1) is 0 Å². The highest BCUT2D eigenvalue weighted by Gasteiger charge is 2.08. The summed E-state index contributed by atoms with van der Waals surface area (Å²) in [6.07, 6.45) is 2.42. The molecule has 0 aliphatic heterocycles.